The van der Waals surface area contributed by atoms with E-state index in [2.05, 4.69) is 97.3 Å². The highest BCUT2D eigenvalue weighted by molar-refractivity contribution is 5.48. The van der Waals surface area contributed by atoms with Gasteiger partial charge in [0.25, 0.3) is 0 Å². The second kappa shape index (κ2) is 13.3. The molecule has 2 N–H and O–H groups in total. The molecular formula is C25H36N2. The zero-order valence-corrected chi connectivity index (χ0v) is 17.0. The molecule has 0 saturated carbocycles. The van der Waals surface area contributed by atoms with E-state index < -0.39 is 0 Å². The monoisotopic (exact) mass is 364 g/mol. The smallest absolute Gasteiger partial charge is 0.0197 e. The lowest BCUT2D eigenvalue weighted by molar-refractivity contribution is 0.387. The molecule has 0 radical (unpaired) electrons. The van der Waals surface area contributed by atoms with Crippen molar-refractivity contribution < 1.29 is 0 Å². The van der Waals surface area contributed by atoms with Crippen molar-refractivity contribution in [1.82, 2.24) is 10.6 Å². The first-order valence-corrected chi connectivity index (χ1v) is 10.5. The summed E-state index contributed by atoms with van der Waals surface area (Å²) in [6.45, 7) is 7.67. The molecule has 2 rings (SSSR count). The number of hydrogen-bond donors (Lipinski definition) is 2. The molecule has 0 spiro atoms. The molecule has 2 unspecified atom stereocenters. The van der Waals surface area contributed by atoms with Gasteiger partial charge in [0.2, 0.25) is 0 Å². The molecule has 0 aliphatic heterocycles. The molecule has 0 aliphatic carbocycles. The average molecular weight is 365 g/mol. The van der Waals surface area contributed by atoms with Crippen LogP contribution < -0.4 is 10.6 Å². The van der Waals surface area contributed by atoms with Gasteiger partial charge in [-0.15, -0.1) is 0 Å². The highest BCUT2D eigenvalue weighted by Crippen LogP contribution is 2.10. The first-order chi connectivity index (χ1) is 13.3. The summed E-state index contributed by atoms with van der Waals surface area (Å²) in [5.74, 6) is 0.756. The largest absolute Gasteiger partial charge is 0.315 e. The number of hydrogen-bond acceptors (Lipinski definition) is 2. The predicted molar refractivity (Wildman–Crippen MR) is 119 cm³/mol. The van der Waals surface area contributed by atoms with Crippen molar-refractivity contribution in [3.05, 3.63) is 77.9 Å². The molecule has 0 saturated heterocycles. The van der Waals surface area contributed by atoms with Gasteiger partial charge in [-0.2, -0.15) is 0 Å². The Kier molecular flexibility index (Phi) is 10.5. The van der Waals surface area contributed by atoms with Crippen LogP contribution in [-0.2, 0) is 6.42 Å². The molecule has 146 valence electrons. The molecule has 2 aromatic rings. The Labute approximate surface area is 166 Å². The van der Waals surface area contributed by atoms with Gasteiger partial charge >= 0.3 is 0 Å². The maximum Gasteiger partial charge on any atom is 0.0197 e. The summed E-state index contributed by atoms with van der Waals surface area (Å²) in [6, 6.07) is 21.8. The minimum absolute atomic E-state index is 0.525. The summed E-state index contributed by atoms with van der Waals surface area (Å²) in [4.78, 5) is 0. The van der Waals surface area contributed by atoms with Crippen LogP contribution >= 0.6 is 0 Å². The van der Waals surface area contributed by atoms with E-state index >= 15 is 0 Å². The molecule has 0 aromatic heterocycles. The van der Waals surface area contributed by atoms with Gasteiger partial charge in [-0.05, 0) is 42.9 Å². The van der Waals surface area contributed by atoms with E-state index in [-0.39, 0.29) is 0 Å². The number of benzene rings is 2. The minimum atomic E-state index is 0.525. The van der Waals surface area contributed by atoms with Gasteiger partial charge in [0.1, 0.15) is 0 Å². The lowest BCUT2D eigenvalue weighted by Crippen LogP contribution is -2.40. The van der Waals surface area contributed by atoms with E-state index in [1.807, 2.05) is 0 Å². The SMILES string of the molecule is CCC(C)CC(CNCCCc1ccccc1)NC/C=C/c1ccccc1. The number of aryl methyl sites for hydroxylation is 1. The molecule has 27 heavy (non-hydrogen) atoms. The van der Waals surface area contributed by atoms with Crippen molar-refractivity contribution in [2.45, 2.75) is 45.6 Å². The Morgan fingerprint density at radius 1 is 0.963 bits per heavy atom. The van der Waals surface area contributed by atoms with E-state index in [1.54, 1.807) is 0 Å². The van der Waals surface area contributed by atoms with Crippen LogP contribution in [0.15, 0.2) is 66.7 Å². The summed E-state index contributed by atoms with van der Waals surface area (Å²) in [5.41, 5.74) is 2.69. The minimum Gasteiger partial charge on any atom is -0.315 e. The molecule has 2 nitrogen and oxygen atoms in total. The molecular weight excluding hydrogens is 328 g/mol. The summed E-state index contributed by atoms with van der Waals surface area (Å²) in [7, 11) is 0. The highest BCUT2D eigenvalue weighted by atomic mass is 15.0. The van der Waals surface area contributed by atoms with Crippen molar-refractivity contribution in [3.63, 3.8) is 0 Å². The van der Waals surface area contributed by atoms with Gasteiger partial charge < -0.3 is 10.6 Å². The van der Waals surface area contributed by atoms with Crippen molar-refractivity contribution in [2.75, 3.05) is 19.6 Å². The Hall–Kier alpha value is -1.90. The summed E-state index contributed by atoms with van der Waals surface area (Å²) in [5, 5.41) is 7.37. The normalized spacial score (nSPS) is 13.7. The number of nitrogens with one attached hydrogen (secondary N) is 2. The van der Waals surface area contributed by atoms with Gasteiger partial charge in [-0.1, -0.05) is 93.1 Å². The van der Waals surface area contributed by atoms with E-state index in [9.17, 15) is 0 Å². The molecule has 2 heteroatoms. The maximum absolute atomic E-state index is 3.71. The van der Waals surface area contributed by atoms with Crippen LogP contribution in [0.2, 0.25) is 0 Å². The Morgan fingerprint density at radius 2 is 1.67 bits per heavy atom. The lowest BCUT2D eigenvalue weighted by Gasteiger charge is -2.22. The molecule has 0 fully saturated rings. The van der Waals surface area contributed by atoms with Gasteiger partial charge in [0.05, 0.1) is 0 Å². The van der Waals surface area contributed by atoms with Crippen LogP contribution in [0, 0.1) is 5.92 Å². The third-order valence-corrected chi connectivity index (χ3v) is 5.07. The van der Waals surface area contributed by atoms with E-state index in [4.69, 9.17) is 0 Å². The molecule has 0 amide bonds. The fourth-order valence-electron chi connectivity index (χ4n) is 3.22. The standard InChI is InChI=1S/C25H36N2/c1-3-22(2)20-25(27-19-11-17-24-14-8-5-9-15-24)21-26-18-10-16-23-12-6-4-7-13-23/h4-9,11-15,17,22,25-27H,3,10,16,18-21H2,1-2H3/b17-11+. The van der Waals surface area contributed by atoms with Crippen LogP contribution in [0.1, 0.15) is 44.2 Å². The zero-order valence-electron chi connectivity index (χ0n) is 17.0. The highest BCUT2D eigenvalue weighted by Gasteiger charge is 2.10. The van der Waals surface area contributed by atoms with Gasteiger partial charge in [-0.25, -0.2) is 0 Å². The topological polar surface area (TPSA) is 24.1 Å². The first-order valence-electron chi connectivity index (χ1n) is 10.5. The molecule has 2 atom stereocenters. The van der Waals surface area contributed by atoms with E-state index in [1.165, 1.54) is 30.4 Å². The molecule has 2 aromatic carbocycles. The van der Waals surface area contributed by atoms with E-state index in [0.29, 0.717) is 6.04 Å². The van der Waals surface area contributed by atoms with Gasteiger partial charge in [0, 0.05) is 19.1 Å². The van der Waals surface area contributed by atoms with Crippen LogP contribution in [0.25, 0.3) is 6.08 Å². The summed E-state index contributed by atoms with van der Waals surface area (Å²) < 4.78 is 0. The van der Waals surface area contributed by atoms with Crippen LogP contribution in [0.4, 0.5) is 0 Å². The second-order valence-corrected chi connectivity index (χ2v) is 7.46. The van der Waals surface area contributed by atoms with Crippen molar-refractivity contribution >= 4 is 6.08 Å². The molecule has 0 bridgehead atoms. The second-order valence-electron chi connectivity index (χ2n) is 7.46. The van der Waals surface area contributed by atoms with Gasteiger partial charge in [-0.3, -0.25) is 0 Å². The van der Waals surface area contributed by atoms with Crippen molar-refractivity contribution in [2.24, 2.45) is 5.92 Å². The molecule has 0 aliphatic rings. The summed E-state index contributed by atoms with van der Waals surface area (Å²) >= 11 is 0. The third kappa shape index (κ3) is 9.55. The van der Waals surface area contributed by atoms with Gasteiger partial charge in [0.15, 0.2) is 0 Å². The Bertz CT molecular complexity index is 621. The van der Waals surface area contributed by atoms with E-state index in [0.717, 1.165) is 32.0 Å². The van der Waals surface area contributed by atoms with Crippen LogP contribution in [-0.4, -0.2) is 25.7 Å². The van der Waals surface area contributed by atoms with Crippen LogP contribution in [0.3, 0.4) is 0 Å². The predicted octanol–water partition coefficient (Wildman–Crippen LogP) is 5.32. The maximum atomic E-state index is 3.71. The zero-order chi connectivity index (χ0) is 19.2. The first kappa shape index (κ1) is 21.4. The van der Waals surface area contributed by atoms with Crippen LogP contribution in [0.5, 0.6) is 0 Å². The summed E-state index contributed by atoms with van der Waals surface area (Å²) in [6.07, 6.45) is 9.23. The Balaban J connectivity index is 1.68. The Morgan fingerprint density at radius 3 is 2.37 bits per heavy atom. The lowest BCUT2D eigenvalue weighted by atomic mass is 9.99. The quantitative estimate of drug-likeness (QED) is 0.470. The third-order valence-electron chi connectivity index (χ3n) is 5.07. The fourth-order valence-corrected chi connectivity index (χ4v) is 3.22. The fraction of sp³-hybridized carbons (Fsp3) is 0.440. The van der Waals surface area contributed by atoms with Crippen molar-refractivity contribution in [1.29, 1.82) is 0 Å². The molecule has 0 heterocycles. The average Bonchev–Trinajstić information content (AvgIpc) is 2.72. The van der Waals surface area contributed by atoms with Crippen molar-refractivity contribution in [3.8, 4) is 0 Å². The number of rotatable bonds is 13.